The number of hydrogen-bond donors (Lipinski definition) is 1. The quantitative estimate of drug-likeness (QED) is 0.621. The molecule has 12 heteroatoms. The summed E-state index contributed by atoms with van der Waals surface area (Å²) in [6, 6.07) is 6.27. The van der Waals surface area contributed by atoms with Crippen LogP contribution in [0.4, 0.5) is 23.2 Å². The van der Waals surface area contributed by atoms with Gasteiger partial charge < -0.3 is 14.8 Å². The van der Waals surface area contributed by atoms with Gasteiger partial charge >= 0.3 is 6.18 Å². The summed E-state index contributed by atoms with van der Waals surface area (Å²) in [5, 5.41) is 2.33. The Kier molecular flexibility index (Phi) is 7.17. The van der Waals surface area contributed by atoms with Gasteiger partial charge in [-0.3, -0.25) is 4.79 Å². The monoisotopic (exact) mass is 490 g/mol. The number of ether oxygens (including phenoxy) is 2. The lowest BCUT2D eigenvalue weighted by atomic mass is 9.98. The lowest BCUT2D eigenvalue weighted by Crippen LogP contribution is -2.43. The van der Waals surface area contributed by atoms with Gasteiger partial charge in [-0.05, 0) is 43.2 Å². The fraction of sp³-hybridized carbons (Fsp3) is 0.381. The summed E-state index contributed by atoms with van der Waals surface area (Å²) in [5.41, 5.74) is -1.73. The van der Waals surface area contributed by atoms with Crippen molar-refractivity contribution in [2.75, 3.05) is 32.6 Å². The maximum atomic E-state index is 13.5. The fourth-order valence-electron chi connectivity index (χ4n) is 3.57. The minimum Gasteiger partial charge on any atom is -0.493 e. The van der Waals surface area contributed by atoms with Crippen molar-refractivity contribution in [3.05, 3.63) is 47.8 Å². The molecule has 180 valence electrons. The van der Waals surface area contributed by atoms with Crippen molar-refractivity contribution >= 4 is 21.6 Å². The largest absolute Gasteiger partial charge is 0.493 e. The fourth-order valence-corrected chi connectivity index (χ4v) is 5.11. The molecule has 0 saturated carbocycles. The summed E-state index contributed by atoms with van der Waals surface area (Å²) in [6.07, 6.45) is -4.20. The molecule has 1 heterocycles. The molecule has 1 N–H and O–H groups in total. The number of carbonyl (C=O) groups excluding carboxylic acids is 1. The van der Waals surface area contributed by atoms with E-state index in [9.17, 15) is 30.8 Å². The van der Waals surface area contributed by atoms with E-state index < -0.39 is 39.4 Å². The number of nitrogens with zero attached hydrogens (tertiary/aromatic N) is 1. The molecule has 1 aliphatic heterocycles. The van der Waals surface area contributed by atoms with Crippen molar-refractivity contribution in [3.8, 4) is 11.5 Å². The second kappa shape index (κ2) is 9.56. The molecule has 0 bridgehead atoms. The van der Waals surface area contributed by atoms with Gasteiger partial charge in [0.1, 0.15) is 5.82 Å². The summed E-state index contributed by atoms with van der Waals surface area (Å²) >= 11 is 0. The van der Waals surface area contributed by atoms with Gasteiger partial charge in [-0.1, -0.05) is 0 Å². The Balaban J connectivity index is 1.77. The molecule has 1 unspecified atom stereocenters. The van der Waals surface area contributed by atoms with Gasteiger partial charge in [0.05, 0.1) is 30.6 Å². The lowest BCUT2D eigenvalue weighted by Gasteiger charge is -2.31. The van der Waals surface area contributed by atoms with Gasteiger partial charge in [0.2, 0.25) is 15.9 Å². The van der Waals surface area contributed by atoms with Crippen LogP contribution in [-0.2, 0) is 21.0 Å². The second-order valence-corrected chi connectivity index (χ2v) is 9.34. The number of benzene rings is 2. The first kappa shape index (κ1) is 24.8. The number of hydrogen-bond acceptors (Lipinski definition) is 5. The van der Waals surface area contributed by atoms with E-state index in [0.717, 1.165) is 10.4 Å². The van der Waals surface area contributed by atoms with Crippen LogP contribution in [0.1, 0.15) is 18.4 Å². The number of anilines is 1. The third-order valence-corrected chi connectivity index (χ3v) is 7.15. The molecule has 3 rings (SSSR count). The van der Waals surface area contributed by atoms with Gasteiger partial charge in [-0.15, -0.1) is 0 Å². The summed E-state index contributed by atoms with van der Waals surface area (Å²) < 4.78 is 89.9. The molecule has 1 fully saturated rings. The highest BCUT2D eigenvalue weighted by Gasteiger charge is 2.36. The maximum Gasteiger partial charge on any atom is 0.419 e. The SMILES string of the molecule is COc1ccc(S(=O)(=O)N2CCCC(C(=O)Nc3ccc(F)c(C(F)(F)F)c3)C2)cc1OC. The van der Waals surface area contributed by atoms with Crippen molar-refractivity contribution in [2.24, 2.45) is 5.92 Å². The number of rotatable bonds is 6. The van der Waals surface area contributed by atoms with Crippen LogP contribution in [-0.4, -0.2) is 45.9 Å². The number of sulfonamides is 1. The van der Waals surface area contributed by atoms with E-state index in [1.165, 1.54) is 32.4 Å². The average Bonchev–Trinajstić information content (AvgIpc) is 2.79. The molecule has 0 radical (unpaired) electrons. The normalized spacial score (nSPS) is 17.5. The Bertz CT molecular complexity index is 1140. The number of amides is 1. The van der Waals surface area contributed by atoms with Crippen LogP contribution < -0.4 is 14.8 Å². The Morgan fingerprint density at radius 3 is 2.42 bits per heavy atom. The van der Waals surface area contributed by atoms with Crippen LogP contribution in [0.3, 0.4) is 0 Å². The van der Waals surface area contributed by atoms with E-state index in [-0.39, 0.29) is 29.4 Å². The lowest BCUT2D eigenvalue weighted by molar-refractivity contribution is -0.140. The Morgan fingerprint density at radius 1 is 1.09 bits per heavy atom. The zero-order valence-corrected chi connectivity index (χ0v) is 18.6. The summed E-state index contributed by atoms with van der Waals surface area (Å²) in [7, 11) is -1.19. The molecule has 2 aromatic rings. The van der Waals surface area contributed by atoms with Crippen LogP contribution in [0.2, 0.25) is 0 Å². The van der Waals surface area contributed by atoms with Gasteiger partial charge in [0, 0.05) is 24.8 Å². The van der Waals surface area contributed by atoms with Crippen LogP contribution in [0, 0.1) is 11.7 Å². The van der Waals surface area contributed by atoms with Crippen molar-refractivity contribution in [2.45, 2.75) is 23.9 Å². The first-order valence-corrected chi connectivity index (χ1v) is 11.3. The Morgan fingerprint density at radius 2 is 1.79 bits per heavy atom. The number of nitrogens with one attached hydrogen (secondary N) is 1. The minimum atomic E-state index is -4.92. The molecule has 0 aromatic heterocycles. The van der Waals surface area contributed by atoms with E-state index in [2.05, 4.69) is 5.32 Å². The van der Waals surface area contributed by atoms with E-state index in [1.54, 1.807) is 0 Å². The average molecular weight is 490 g/mol. The van der Waals surface area contributed by atoms with Gasteiger partial charge in [-0.2, -0.15) is 17.5 Å². The highest BCUT2D eigenvalue weighted by Crippen LogP contribution is 2.34. The predicted molar refractivity (Wildman–Crippen MR) is 111 cm³/mol. The number of piperidine rings is 1. The van der Waals surface area contributed by atoms with Gasteiger partial charge in [0.15, 0.2) is 11.5 Å². The number of methoxy groups -OCH3 is 2. The van der Waals surface area contributed by atoms with Crippen LogP contribution in [0.25, 0.3) is 0 Å². The number of alkyl halides is 3. The van der Waals surface area contributed by atoms with E-state index in [1.807, 2.05) is 0 Å². The van der Waals surface area contributed by atoms with Crippen molar-refractivity contribution in [1.29, 1.82) is 0 Å². The topological polar surface area (TPSA) is 84.9 Å². The molecule has 1 aliphatic rings. The Hall–Kier alpha value is -2.86. The molecule has 0 spiro atoms. The molecular formula is C21H22F4N2O5S. The predicted octanol–water partition coefficient (Wildman–Crippen LogP) is 3.90. The third-order valence-electron chi connectivity index (χ3n) is 5.29. The van der Waals surface area contributed by atoms with Gasteiger partial charge in [-0.25, -0.2) is 12.8 Å². The Labute approximate surface area is 188 Å². The molecule has 33 heavy (non-hydrogen) atoms. The molecular weight excluding hydrogens is 468 g/mol. The third kappa shape index (κ3) is 5.38. The highest BCUT2D eigenvalue weighted by molar-refractivity contribution is 7.89. The van der Waals surface area contributed by atoms with E-state index >= 15 is 0 Å². The van der Waals surface area contributed by atoms with Crippen molar-refractivity contribution in [1.82, 2.24) is 4.31 Å². The molecule has 1 saturated heterocycles. The minimum absolute atomic E-state index is 0.0467. The second-order valence-electron chi connectivity index (χ2n) is 7.40. The number of carbonyl (C=O) groups is 1. The molecule has 1 amide bonds. The van der Waals surface area contributed by atoms with Gasteiger partial charge in [0.25, 0.3) is 0 Å². The van der Waals surface area contributed by atoms with Crippen LogP contribution >= 0.6 is 0 Å². The maximum absolute atomic E-state index is 13.5. The molecule has 2 aromatic carbocycles. The number of halogens is 4. The molecule has 0 aliphatic carbocycles. The van der Waals surface area contributed by atoms with E-state index in [4.69, 9.17) is 9.47 Å². The first-order chi connectivity index (χ1) is 15.5. The zero-order valence-electron chi connectivity index (χ0n) is 17.8. The summed E-state index contributed by atoms with van der Waals surface area (Å²) in [5.74, 6) is -2.33. The smallest absolute Gasteiger partial charge is 0.419 e. The van der Waals surface area contributed by atoms with Crippen molar-refractivity contribution < 1.29 is 40.2 Å². The molecule has 7 nitrogen and oxygen atoms in total. The molecule has 1 atom stereocenters. The van der Waals surface area contributed by atoms with Crippen LogP contribution in [0.5, 0.6) is 11.5 Å². The first-order valence-electron chi connectivity index (χ1n) is 9.87. The highest BCUT2D eigenvalue weighted by atomic mass is 32.2. The summed E-state index contributed by atoms with van der Waals surface area (Å²) in [4.78, 5) is 12.6. The summed E-state index contributed by atoms with van der Waals surface area (Å²) in [6.45, 7) is 0.0189. The zero-order chi connectivity index (χ0) is 24.4. The van der Waals surface area contributed by atoms with Crippen molar-refractivity contribution in [3.63, 3.8) is 0 Å². The van der Waals surface area contributed by atoms with E-state index in [0.29, 0.717) is 30.7 Å². The van der Waals surface area contributed by atoms with Crippen LogP contribution in [0.15, 0.2) is 41.3 Å². The standard InChI is InChI=1S/C21H22F4N2O5S/c1-31-18-8-6-15(11-19(18)32-2)33(29,30)27-9-3-4-13(12-27)20(28)26-14-5-7-17(22)16(10-14)21(23,24)25/h5-8,10-11,13H,3-4,9,12H2,1-2H3,(H,26,28).